The fraction of sp³-hybridized carbons (Fsp3) is 0.611. The van der Waals surface area contributed by atoms with Gasteiger partial charge in [-0.25, -0.2) is 0 Å². The summed E-state index contributed by atoms with van der Waals surface area (Å²) in [6.45, 7) is 0. The summed E-state index contributed by atoms with van der Waals surface area (Å²) < 4.78 is 44.9. The molecule has 0 aromatic carbocycles. The van der Waals surface area contributed by atoms with Gasteiger partial charge in [0.05, 0.1) is 11.8 Å². The third-order valence-corrected chi connectivity index (χ3v) is 6.04. The molecule has 0 amide bonds. The number of furan rings is 1. The Labute approximate surface area is 137 Å². The van der Waals surface area contributed by atoms with E-state index in [1.807, 2.05) is 0 Å². The minimum absolute atomic E-state index is 0.0710. The standard InChI is InChI=1S/C18H19F3O3/c19-18(20,21)16(23)14(15(22)13-2-1-3-24-13)17-7-10-4-11(8-17)6-12(5-10)9-17/h1-3,10-12,22H,4-9H2. The number of hydrogen-bond acceptors (Lipinski definition) is 3. The molecule has 1 aromatic heterocycles. The molecule has 1 N–H and O–H groups in total. The van der Waals surface area contributed by atoms with E-state index in [0.29, 0.717) is 37.0 Å². The lowest BCUT2D eigenvalue weighted by atomic mass is 9.47. The first-order chi connectivity index (χ1) is 11.3. The SMILES string of the molecule is O=C(C(=C(O)c1ccco1)C12CC3CC(CC(C3)C1)C2)C(F)(F)F. The summed E-state index contributed by atoms with van der Waals surface area (Å²) in [5.74, 6) is -1.55. The van der Waals surface area contributed by atoms with Crippen molar-refractivity contribution in [3.63, 3.8) is 0 Å². The second-order valence-electron chi connectivity index (χ2n) is 7.73. The number of alkyl halides is 3. The number of carbonyl (C=O) groups is 1. The zero-order valence-corrected chi connectivity index (χ0v) is 13.1. The molecular weight excluding hydrogens is 321 g/mol. The van der Waals surface area contributed by atoms with E-state index in [9.17, 15) is 23.1 Å². The van der Waals surface area contributed by atoms with Crippen molar-refractivity contribution in [2.24, 2.45) is 23.2 Å². The number of ketones is 1. The van der Waals surface area contributed by atoms with Crippen molar-refractivity contribution in [1.82, 2.24) is 0 Å². The smallest absolute Gasteiger partial charge is 0.454 e. The fourth-order valence-corrected chi connectivity index (χ4v) is 5.69. The summed E-state index contributed by atoms with van der Waals surface area (Å²) in [4.78, 5) is 12.2. The van der Waals surface area contributed by atoms with Crippen LogP contribution < -0.4 is 0 Å². The maximum atomic E-state index is 13.3. The van der Waals surface area contributed by atoms with Crippen LogP contribution in [0.3, 0.4) is 0 Å². The van der Waals surface area contributed by atoms with Gasteiger partial charge in [0.15, 0.2) is 11.5 Å². The molecule has 0 spiro atoms. The first-order valence-corrected chi connectivity index (χ1v) is 8.37. The molecule has 4 aliphatic carbocycles. The molecule has 3 nitrogen and oxygen atoms in total. The van der Waals surface area contributed by atoms with Crippen LogP contribution in [0.25, 0.3) is 5.76 Å². The Hall–Kier alpha value is -1.72. The van der Waals surface area contributed by atoms with Crippen LogP contribution in [0.5, 0.6) is 0 Å². The Balaban J connectivity index is 1.85. The molecule has 1 aromatic rings. The number of aliphatic hydroxyl groups excluding tert-OH is 1. The fourth-order valence-electron chi connectivity index (χ4n) is 5.69. The zero-order valence-electron chi connectivity index (χ0n) is 13.1. The number of rotatable bonds is 3. The molecule has 1 heterocycles. The highest BCUT2D eigenvalue weighted by Crippen LogP contribution is 2.64. The van der Waals surface area contributed by atoms with Crippen molar-refractivity contribution in [3.8, 4) is 0 Å². The van der Waals surface area contributed by atoms with Gasteiger partial charge in [0, 0.05) is 5.41 Å². The maximum absolute atomic E-state index is 13.3. The Morgan fingerprint density at radius 1 is 1.12 bits per heavy atom. The van der Waals surface area contributed by atoms with Crippen LogP contribution >= 0.6 is 0 Å². The van der Waals surface area contributed by atoms with Crippen LogP contribution in [0, 0.1) is 23.2 Å². The van der Waals surface area contributed by atoms with Crippen molar-refractivity contribution in [2.75, 3.05) is 0 Å². The van der Waals surface area contributed by atoms with Gasteiger partial charge < -0.3 is 9.52 Å². The number of halogens is 3. The van der Waals surface area contributed by atoms with Gasteiger partial charge in [0.1, 0.15) is 0 Å². The number of carbonyl (C=O) groups excluding carboxylic acids is 1. The minimum atomic E-state index is -5.00. The third-order valence-electron chi connectivity index (χ3n) is 6.04. The molecule has 24 heavy (non-hydrogen) atoms. The maximum Gasteiger partial charge on any atom is 0.454 e. The average molecular weight is 340 g/mol. The predicted molar refractivity (Wildman–Crippen MR) is 79.9 cm³/mol. The lowest BCUT2D eigenvalue weighted by Crippen LogP contribution is -2.49. The van der Waals surface area contributed by atoms with Gasteiger partial charge in [-0.2, -0.15) is 13.2 Å². The van der Waals surface area contributed by atoms with Crippen molar-refractivity contribution >= 4 is 11.5 Å². The summed E-state index contributed by atoms with van der Waals surface area (Å²) in [5.41, 5.74) is -1.33. The molecule has 0 aliphatic heterocycles. The van der Waals surface area contributed by atoms with E-state index in [-0.39, 0.29) is 5.76 Å². The van der Waals surface area contributed by atoms with Gasteiger partial charge in [0.25, 0.3) is 5.78 Å². The average Bonchev–Trinajstić information content (AvgIpc) is 2.98. The minimum Gasteiger partial charge on any atom is -0.504 e. The summed E-state index contributed by atoms with van der Waals surface area (Å²) in [5, 5.41) is 10.5. The van der Waals surface area contributed by atoms with Crippen molar-refractivity contribution in [3.05, 3.63) is 29.7 Å². The Kier molecular flexibility index (Phi) is 3.38. The van der Waals surface area contributed by atoms with Gasteiger partial charge in [-0.05, 0) is 68.4 Å². The van der Waals surface area contributed by atoms with Crippen molar-refractivity contribution in [2.45, 2.75) is 44.7 Å². The van der Waals surface area contributed by atoms with Gasteiger partial charge in [-0.15, -0.1) is 0 Å². The highest BCUT2D eigenvalue weighted by molar-refractivity contribution is 6.05. The molecular formula is C18H19F3O3. The van der Waals surface area contributed by atoms with Crippen LogP contribution in [-0.4, -0.2) is 17.1 Å². The van der Waals surface area contributed by atoms with Crippen LogP contribution in [0.1, 0.15) is 44.3 Å². The Morgan fingerprint density at radius 2 is 1.67 bits per heavy atom. The second kappa shape index (κ2) is 5.14. The summed E-state index contributed by atoms with van der Waals surface area (Å²) in [7, 11) is 0. The normalized spacial score (nSPS) is 35.9. The van der Waals surface area contributed by atoms with E-state index in [0.717, 1.165) is 19.3 Å². The molecule has 5 rings (SSSR count). The van der Waals surface area contributed by atoms with Crippen LogP contribution in [0.4, 0.5) is 13.2 Å². The topological polar surface area (TPSA) is 50.4 Å². The highest BCUT2D eigenvalue weighted by Gasteiger charge is 2.58. The Bertz CT molecular complexity index is 650. The quantitative estimate of drug-likeness (QED) is 0.629. The number of hydrogen-bond donors (Lipinski definition) is 1. The van der Waals surface area contributed by atoms with E-state index in [1.165, 1.54) is 18.4 Å². The van der Waals surface area contributed by atoms with E-state index >= 15 is 0 Å². The van der Waals surface area contributed by atoms with Crippen LogP contribution in [-0.2, 0) is 4.79 Å². The van der Waals surface area contributed by atoms with E-state index < -0.39 is 28.7 Å². The first kappa shape index (κ1) is 15.8. The molecule has 0 saturated heterocycles. The zero-order chi connectivity index (χ0) is 17.1. The summed E-state index contributed by atoms with van der Waals surface area (Å²) in [6, 6.07) is 2.88. The molecule has 0 atom stereocenters. The van der Waals surface area contributed by atoms with Crippen molar-refractivity contribution < 1.29 is 27.5 Å². The summed E-state index contributed by atoms with van der Waals surface area (Å²) >= 11 is 0. The van der Waals surface area contributed by atoms with E-state index in [4.69, 9.17) is 4.42 Å². The van der Waals surface area contributed by atoms with Gasteiger partial charge in [-0.1, -0.05) is 0 Å². The van der Waals surface area contributed by atoms with Crippen LogP contribution in [0.15, 0.2) is 28.4 Å². The van der Waals surface area contributed by atoms with Crippen LogP contribution in [0.2, 0.25) is 0 Å². The second-order valence-corrected chi connectivity index (χ2v) is 7.73. The monoisotopic (exact) mass is 340 g/mol. The molecule has 6 heteroatoms. The molecule has 0 unspecified atom stereocenters. The summed E-state index contributed by atoms with van der Waals surface area (Å²) in [6.07, 6.45) is 1.06. The lowest BCUT2D eigenvalue weighted by Gasteiger charge is -2.57. The lowest BCUT2D eigenvalue weighted by molar-refractivity contribution is -0.169. The largest absolute Gasteiger partial charge is 0.504 e. The number of allylic oxidation sites excluding steroid dienone is 1. The van der Waals surface area contributed by atoms with Gasteiger partial charge >= 0.3 is 6.18 Å². The molecule has 4 aliphatic rings. The number of Topliss-reactive ketones (excluding diaryl/α,β-unsaturated/α-hetero) is 1. The molecule has 130 valence electrons. The van der Waals surface area contributed by atoms with E-state index in [2.05, 4.69) is 0 Å². The van der Waals surface area contributed by atoms with Gasteiger partial charge in [0.2, 0.25) is 0 Å². The molecule has 0 radical (unpaired) electrons. The van der Waals surface area contributed by atoms with Crippen molar-refractivity contribution in [1.29, 1.82) is 0 Å². The highest BCUT2D eigenvalue weighted by atomic mass is 19.4. The van der Waals surface area contributed by atoms with E-state index in [1.54, 1.807) is 0 Å². The molecule has 4 saturated carbocycles. The molecule has 4 bridgehead atoms. The first-order valence-electron chi connectivity index (χ1n) is 8.37. The molecule has 4 fully saturated rings. The number of aliphatic hydroxyl groups is 1. The predicted octanol–water partition coefficient (Wildman–Crippen LogP) is 4.90. The van der Waals surface area contributed by atoms with Gasteiger partial charge in [-0.3, -0.25) is 4.79 Å². The Morgan fingerprint density at radius 3 is 2.08 bits per heavy atom. The third kappa shape index (κ3) is 2.38.